The van der Waals surface area contributed by atoms with Crippen molar-refractivity contribution >= 4 is 29.2 Å². The molecule has 1 heterocycles. The molecule has 8 heteroatoms. The molecule has 1 aromatic carbocycles. The molecule has 1 aromatic heterocycles. The number of esters is 1. The SMILES string of the molecule is CC(=O)Nc1ccc(NC(=O)[C@H](C)OC(=O)Cn2ccccc2=O)cc1. The van der Waals surface area contributed by atoms with Crippen molar-refractivity contribution in [3.05, 3.63) is 59.0 Å². The van der Waals surface area contributed by atoms with Crippen LogP contribution in [0.4, 0.5) is 11.4 Å². The first kappa shape index (κ1) is 18.9. The van der Waals surface area contributed by atoms with E-state index in [1.54, 1.807) is 36.4 Å². The molecular weight excluding hydrogens is 338 g/mol. The zero-order valence-electron chi connectivity index (χ0n) is 14.4. The minimum atomic E-state index is -1.03. The molecule has 2 amide bonds. The fourth-order valence-corrected chi connectivity index (χ4v) is 2.10. The standard InChI is InChI=1S/C18H19N3O5/c1-12(26-17(24)11-21-10-4-3-5-16(21)23)18(25)20-15-8-6-14(7-9-15)19-13(2)22/h3-10,12H,11H2,1-2H3,(H,19,22)(H,20,25)/t12-/m0/s1. The van der Waals surface area contributed by atoms with Crippen LogP contribution >= 0.6 is 0 Å². The Labute approximate surface area is 149 Å². The van der Waals surface area contributed by atoms with Crippen LogP contribution in [0.1, 0.15) is 13.8 Å². The van der Waals surface area contributed by atoms with Gasteiger partial charge < -0.3 is 19.9 Å². The van der Waals surface area contributed by atoms with Gasteiger partial charge in [-0.1, -0.05) is 6.07 Å². The van der Waals surface area contributed by atoms with Crippen LogP contribution in [0.5, 0.6) is 0 Å². The first-order valence-corrected chi connectivity index (χ1v) is 7.88. The lowest BCUT2D eigenvalue weighted by Gasteiger charge is -2.14. The van der Waals surface area contributed by atoms with Crippen molar-refractivity contribution < 1.29 is 19.1 Å². The second kappa shape index (κ2) is 8.61. The number of carbonyl (C=O) groups excluding carboxylic acids is 3. The molecular formula is C18H19N3O5. The average molecular weight is 357 g/mol. The van der Waals surface area contributed by atoms with Crippen LogP contribution in [0, 0.1) is 0 Å². The highest BCUT2D eigenvalue weighted by atomic mass is 16.5. The molecule has 0 radical (unpaired) electrons. The van der Waals surface area contributed by atoms with Crippen molar-refractivity contribution in [3.8, 4) is 0 Å². The highest BCUT2D eigenvalue weighted by molar-refractivity contribution is 5.95. The molecule has 8 nitrogen and oxygen atoms in total. The lowest BCUT2D eigenvalue weighted by molar-refractivity contribution is -0.153. The van der Waals surface area contributed by atoms with Gasteiger partial charge in [0.2, 0.25) is 5.91 Å². The molecule has 0 aliphatic carbocycles. The van der Waals surface area contributed by atoms with Gasteiger partial charge in [-0.2, -0.15) is 0 Å². The minimum Gasteiger partial charge on any atom is -0.451 e. The van der Waals surface area contributed by atoms with E-state index < -0.39 is 18.0 Å². The third kappa shape index (κ3) is 5.59. The molecule has 0 spiro atoms. The van der Waals surface area contributed by atoms with E-state index in [4.69, 9.17) is 4.74 Å². The van der Waals surface area contributed by atoms with Gasteiger partial charge in [0.15, 0.2) is 6.10 Å². The molecule has 2 aromatic rings. The average Bonchev–Trinajstić information content (AvgIpc) is 2.58. The van der Waals surface area contributed by atoms with Crippen LogP contribution in [0.3, 0.4) is 0 Å². The van der Waals surface area contributed by atoms with Gasteiger partial charge in [-0.25, -0.2) is 0 Å². The zero-order chi connectivity index (χ0) is 19.1. The summed E-state index contributed by atoms with van der Waals surface area (Å²) in [5.74, 6) is -1.40. The van der Waals surface area contributed by atoms with Crippen molar-refractivity contribution in [1.82, 2.24) is 4.57 Å². The van der Waals surface area contributed by atoms with Crippen molar-refractivity contribution in [2.75, 3.05) is 10.6 Å². The largest absolute Gasteiger partial charge is 0.451 e. The Morgan fingerprint density at radius 1 is 1.04 bits per heavy atom. The molecule has 0 bridgehead atoms. The van der Waals surface area contributed by atoms with E-state index >= 15 is 0 Å². The Morgan fingerprint density at radius 2 is 1.65 bits per heavy atom. The van der Waals surface area contributed by atoms with E-state index in [9.17, 15) is 19.2 Å². The molecule has 1 atom stereocenters. The third-order valence-electron chi connectivity index (χ3n) is 3.35. The molecule has 0 aliphatic heterocycles. The number of amides is 2. The van der Waals surface area contributed by atoms with E-state index in [-0.39, 0.29) is 18.0 Å². The molecule has 0 saturated carbocycles. The first-order chi connectivity index (χ1) is 12.3. The number of nitrogens with one attached hydrogen (secondary N) is 2. The summed E-state index contributed by atoms with van der Waals surface area (Å²) < 4.78 is 6.24. The Kier molecular flexibility index (Phi) is 6.26. The molecule has 136 valence electrons. The van der Waals surface area contributed by atoms with Crippen LogP contribution in [0.2, 0.25) is 0 Å². The Hall–Kier alpha value is -3.42. The number of rotatable bonds is 6. The van der Waals surface area contributed by atoms with Crippen LogP contribution in [-0.2, 0) is 25.7 Å². The molecule has 2 N–H and O–H groups in total. The molecule has 26 heavy (non-hydrogen) atoms. The predicted octanol–water partition coefficient (Wildman–Crippen LogP) is 1.38. The number of nitrogens with zero attached hydrogens (tertiary/aromatic N) is 1. The number of hydrogen-bond acceptors (Lipinski definition) is 5. The van der Waals surface area contributed by atoms with Crippen molar-refractivity contribution in [2.24, 2.45) is 0 Å². The van der Waals surface area contributed by atoms with Gasteiger partial charge in [0.05, 0.1) is 0 Å². The van der Waals surface area contributed by atoms with Gasteiger partial charge in [-0.05, 0) is 37.3 Å². The summed E-state index contributed by atoms with van der Waals surface area (Å²) in [7, 11) is 0. The number of hydrogen-bond donors (Lipinski definition) is 2. The zero-order valence-corrected chi connectivity index (χ0v) is 14.4. The van der Waals surface area contributed by atoms with Crippen LogP contribution in [-0.4, -0.2) is 28.5 Å². The molecule has 0 unspecified atom stereocenters. The van der Waals surface area contributed by atoms with Crippen molar-refractivity contribution in [3.63, 3.8) is 0 Å². The predicted molar refractivity (Wildman–Crippen MR) is 95.6 cm³/mol. The summed E-state index contributed by atoms with van der Waals surface area (Å²) >= 11 is 0. The maximum Gasteiger partial charge on any atom is 0.326 e. The number of aromatic nitrogens is 1. The van der Waals surface area contributed by atoms with Crippen LogP contribution in [0.15, 0.2) is 53.5 Å². The molecule has 0 saturated heterocycles. The maximum absolute atomic E-state index is 12.1. The first-order valence-electron chi connectivity index (χ1n) is 7.88. The fourth-order valence-electron chi connectivity index (χ4n) is 2.10. The van der Waals surface area contributed by atoms with Crippen molar-refractivity contribution in [2.45, 2.75) is 26.5 Å². The normalized spacial score (nSPS) is 11.3. The molecule has 0 fully saturated rings. The summed E-state index contributed by atoms with van der Waals surface area (Å²) in [5.41, 5.74) is 0.760. The summed E-state index contributed by atoms with van der Waals surface area (Å²) in [5, 5.41) is 5.22. The van der Waals surface area contributed by atoms with Gasteiger partial charge in [-0.3, -0.25) is 19.2 Å². The van der Waals surface area contributed by atoms with E-state index in [0.717, 1.165) is 0 Å². The van der Waals surface area contributed by atoms with E-state index in [1.165, 1.54) is 30.7 Å². The van der Waals surface area contributed by atoms with Crippen molar-refractivity contribution in [1.29, 1.82) is 0 Å². The number of carbonyl (C=O) groups is 3. The Bertz CT molecular complexity index is 858. The topological polar surface area (TPSA) is 106 Å². The Morgan fingerprint density at radius 3 is 2.23 bits per heavy atom. The van der Waals surface area contributed by atoms with Crippen LogP contribution in [0.25, 0.3) is 0 Å². The van der Waals surface area contributed by atoms with Gasteiger partial charge in [0, 0.05) is 30.6 Å². The number of pyridine rings is 1. The van der Waals surface area contributed by atoms with Gasteiger partial charge in [0.25, 0.3) is 11.5 Å². The van der Waals surface area contributed by atoms with Gasteiger partial charge >= 0.3 is 5.97 Å². The molecule has 0 aliphatic rings. The summed E-state index contributed by atoms with van der Waals surface area (Å²) in [6.07, 6.45) is 0.433. The third-order valence-corrected chi connectivity index (χ3v) is 3.35. The van der Waals surface area contributed by atoms with E-state index in [1.807, 2.05) is 0 Å². The summed E-state index contributed by atoms with van der Waals surface area (Å²) in [6, 6.07) is 11.0. The second-order valence-electron chi connectivity index (χ2n) is 5.55. The van der Waals surface area contributed by atoms with E-state index in [0.29, 0.717) is 11.4 Å². The monoisotopic (exact) mass is 357 g/mol. The lowest BCUT2D eigenvalue weighted by Crippen LogP contribution is -2.32. The molecule has 2 rings (SSSR count). The lowest BCUT2D eigenvalue weighted by atomic mass is 10.2. The number of anilines is 2. The summed E-state index contributed by atoms with van der Waals surface area (Å²) in [4.78, 5) is 46.5. The second-order valence-corrected chi connectivity index (χ2v) is 5.55. The van der Waals surface area contributed by atoms with E-state index in [2.05, 4.69) is 10.6 Å². The highest BCUT2D eigenvalue weighted by Crippen LogP contribution is 2.14. The van der Waals surface area contributed by atoms with Gasteiger partial charge in [-0.15, -0.1) is 0 Å². The fraction of sp³-hybridized carbons (Fsp3) is 0.222. The number of benzene rings is 1. The maximum atomic E-state index is 12.1. The quantitative estimate of drug-likeness (QED) is 0.760. The Balaban J connectivity index is 1.88. The minimum absolute atomic E-state index is 0.195. The number of ether oxygens (including phenoxy) is 1. The summed E-state index contributed by atoms with van der Waals surface area (Å²) in [6.45, 7) is 2.56. The smallest absolute Gasteiger partial charge is 0.326 e. The van der Waals surface area contributed by atoms with Gasteiger partial charge in [0.1, 0.15) is 6.54 Å². The highest BCUT2D eigenvalue weighted by Gasteiger charge is 2.18. The van der Waals surface area contributed by atoms with Crippen LogP contribution < -0.4 is 16.2 Å².